The van der Waals surface area contributed by atoms with Gasteiger partial charge in [-0.1, -0.05) is 29.3 Å². The molecule has 5 nitrogen and oxygen atoms in total. The third-order valence-corrected chi connectivity index (χ3v) is 5.85. The van der Waals surface area contributed by atoms with Crippen LogP contribution in [0.15, 0.2) is 46.1 Å². The van der Waals surface area contributed by atoms with Gasteiger partial charge in [0.05, 0.1) is 16.2 Å². The molecule has 1 heterocycles. The fourth-order valence-corrected chi connectivity index (χ4v) is 4.45. The van der Waals surface area contributed by atoms with Gasteiger partial charge >= 0.3 is 0 Å². The number of benzene rings is 2. The summed E-state index contributed by atoms with van der Waals surface area (Å²) in [6, 6.07) is 9.82. The molecule has 0 radical (unpaired) electrons. The Balaban J connectivity index is 2.13. The lowest BCUT2D eigenvalue weighted by atomic mass is 10.1. The van der Waals surface area contributed by atoms with E-state index in [-0.39, 0.29) is 15.5 Å². The Kier molecular flexibility index (Phi) is 4.34. The highest BCUT2D eigenvalue weighted by Gasteiger charge is 2.20. The Hall–Kier alpha value is -2.31. The molecule has 0 saturated heterocycles. The highest BCUT2D eigenvalue weighted by atomic mass is 35.5. The molecule has 0 fully saturated rings. The van der Waals surface area contributed by atoms with Crippen LogP contribution >= 0.6 is 11.6 Å². The molecular formula is C18H17ClN2O3S. The van der Waals surface area contributed by atoms with Crippen LogP contribution in [-0.4, -0.2) is 13.4 Å². The van der Waals surface area contributed by atoms with Gasteiger partial charge in [-0.3, -0.25) is 9.52 Å². The van der Waals surface area contributed by atoms with Gasteiger partial charge in [0.15, 0.2) is 0 Å². The number of aryl methyl sites for hydroxylation is 3. The minimum absolute atomic E-state index is 0.0307. The monoisotopic (exact) mass is 376 g/mol. The number of halogens is 1. The van der Waals surface area contributed by atoms with Crippen molar-refractivity contribution in [2.75, 3.05) is 4.72 Å². The summed E-state index contributed by atoms with van der Waals surface area (Å²) in [4.78, 5) is 14.2. The Morgan fingerprint density at radius 1 is 1.00 bits per heavy atom. The SMILES string of the molecule is Cc1ccc(NS(=O)(=O)c2cc3c(C)cc(=O)[nH]c3cc2Cl)c(C)c1. The van der Waals surface area contributed by atoms with Gasteiger partial charge in [0, 0.05) is 11.5 Å². The zero-order valence-electron chi connectivity index (χ0n) is 14.0. The lowest BCUT2D eigenvalue weighted by molar-refractivity contribution is 0.601. The molecule has 0 aliphatic carbocycles. The van der Waals surface area contributed by atoms with E-state index in [9.17, 15) is 13.2 Å². The minimum atomic E-state index is -3.87. The van der Waals surface area contributed by atoms with Crippen molar-refractivity contribution in [3.8, 4) is 0 Å². The molecule has 0 bridgehead atoms. The van der Waals surface area contributed by atoms with E-state index in [4.69, 9.17) is 11.6 Å². The Morgan fingerprint density at radius 2 is 1.72 bits per heavy atom. The molecule has 0 spiro atoms. The molecule has 25 heavy (non-hydrogen) atoms. The van der Waals surface area contributed by atoms with Crippen molar-refractivity contribution in [1.82, 2.24) is 4.98 Å². The van der Waals surface area contributed by atoms with Gasteiger partial charge in [0.2, 0.25) is 5.56 Å². The van der Waals surface area contributed by atoms with Crippen molar-refractivity contribution < 1.29 is 8.42 Å². The average Bonchev–Trinajstić information content (AvgIpc) is 2.49. The second-order valence-electron chi connectivity index (χ2n) is 6.07. The van der Waals surface area contributed by atoms with Crippen molar-refractivity contribution in [2.24, 2.45) is 0 Å². The first-order chi connectivity index (χ1) is 11.7. The average molecular weight is 377 g/mol. The summed E-state index contributed by atoms with van der Waals surface area (Å²) in [5, 5.41) is 0.677. The third kappa shape index (κ3) is 3.41. The summed E-state index contributed by atoms with van der Waals surface area (Å²) in [6.07, 6.45) is 0. The smallest absolute Gasteiger partial charge is 0.263 e. The molecule has 130 valence electrons. The highest BCUT2D eigenvalue weighted by Crippen LogP contribution is 2.29. The summed E-state index contributed by atoms with van der Waals surface area (Å²) in [6.45, 7) is 5.52. The van der Waals surface area contributed by atoms with E-state index in [1.54, 1.807) is 13.0 Å². The summed E-state index contributed by atoms with van der Waals surface area (Å²) >= 11 is 6.18. The Morgan fingerprint density at radius 3 is 2.40 bits per heavy atom. The first kappa shape index (κ1) is 17.5. The van der Waals surface area contributed by atoms with E-state index < -0.39 is 10.0 Å². The molecule has 2 N–H and O–H groups in total. The van der Waals surface area contributed by atoms with Gasteiger partial charge in [-0.15, -0.1) is 0 Å². The number of pyridine rings is 1. The van der Waals surface area contributed by atoms with E-state index in [0.717, 1.165) is 11.1 Å². The molecule has 0 aliphatic rings. The van der Waals surface area contributed by atoms with Crippen LogP contribution in [0.3, 0.4) is 0 Å². The number of sulfonamides is 1. The van der Waals surface area contributed by atoms with Crippen molar-refractivity contribution in [2.45, 2.75) is 25.7 Å². The standard InChI is InChI=1S/C18H17ClN2O3S/c1-10-4-5-15(12(3)6-10)21-25(23,24)17-8-13-11(2)7-18(22)20-16(13)9-14(17)19/h4-9,21H,1-3H3,(H,20,22). The molecule has 1 aromatic heterocycles. The van der Waals surface area contributed by atoms with Gasteiger partial charge in [-0.25, -0.2) is 8.42 Å². The highest BCUT2D eigenvalue weighted by molar-refractivity contribution is 7.92. The summed E-state index contributed by atoms with van der Waals surface area (Å²) in [5.74, 6) is 0. The lowest BCUT2D eigenvalue weighted by Gasteiger charge is -2.13. The van der Waals surface area contributed by atoms with Crippen LogP contribution in [0.25, 0.3) is 10.9 Å². The maximum Gasteiger partial charge on any atom is 0.263 e. The fourth-order valence-electron chi connectivity index (χ4n) is 2.76. The normalized spacial score (nSPS) is 11.7. The van der Waals surface area contributed by atoms with Gasteiger partial charge in [-0.2, -0.15) is 0 Å². The number of fused-ring (bicyclic) bond motifs is 1. The maximum atomic E-state index is 12.8. The molecule has 0 atom stereocenters. The van der Waals surface area contributed by atoms with Crippen molar-refractivity contribution in [1.29, 1.82) is 0 Å². The minimum Gasteiger partial charge on any atom is -0.322 e. The zero-order valence-corrected chi connectivity index (χ0v) is 15.5. The number of aromatic nitrogens is 1. The third-order valence-electron chi connectivity index (χ3n) is 4.02. The number of hydrogen-bond donors (Lipinski definition) is 2. The van der Waals surface area contributed by atoms with Crippen LogP contribution in [0.2, 0.25) is 5.02 Å². The van der Waals surface area contributed by atoms with Crippen LogP contribution < -0.4 is 10.3 Å². The van der Waals surface area contributed by atoms with Crippen LogP contribution in [0, 0.1) is 20.8 Å². The fraction of sp³-hybridized carbons (Fsp3) is 0.167. The first-order valence-electron chi connectivity index (χ1n) is 7.60. The number of rotatable bonds is 3. The maximum absolute atomic E-state index is 12.8. The number of aromatic amines is 1. The van der Waals surface area contributed by atoms with Crippen LogP contribution in [0.4, 0.5) is 5.69 Å². The van der Waals surface area contributed by atoms with Crippen LogP contribution in [-0.2, 0) is 10.0 Å². The molecule has 0 unspecified atom stereocenters. The van der Waals surface area contributed by atoms with Crippen LogP contribution in [0.5, 0.6) is 0 Å². The second-order valence-corrected chi connectivity index (χ2v) is 8.13. The quantitative estimate of drug-likeness (QED) is 0.727. The predicted molar refractivity (Wildman–Crippen MR) is 101 cm³/mol. The molecule has 0 saturated carbocycles. The van der Waals surface area contributed by atoms with Crippen molar-refractivity contribution in [3.63, 3.8) is 0 Å². The van der Waals surface area contributed by atoms with Gasteiger partial charge in [0.25, 0.3) is 10.0 Å². The molecule has 2 aromatic carbocycles. The number of anilines is 1. The summed E-state index contributed by atoms with van der Waals surface area (Å²) in [7, 11) is -3.87. The number of H-pyrrole nitrogens is 1. The summed E-state index contributed by atoms with van der Waals surface area (Å²) < 4.78 is 28.2. The van der Waals surface area contributed by atoms with Crippen LogP contribution in [0.1, 0.15) is 16.7 Å². The molecule has 0 aliphatic heterocycles. The topological polar surface area (TPSA) is 79.0 Å². The molecule has 3 aromatic rings. The van der Waals surface area contributed by atoms with Crippen molar-refractivity contribution >= 4 is 38.2 Å². The Labute approximate surface area is 150 Å². The van der Waals surface area contributed by atoms with E-state index in [1.165, 1.54) is 18.2 Å². The number of hydrogen-bond acceptors (Lipinski definition) is 3. The van der Waals surface area contributed by atoms with E-state index in [2.05, 4.69) is 9.71 Å². The molecule has 3 rings (SSSR count). The van der Waals surface area contributed by atoms with Gasteiger partial charge in [0.1, 0.15) is 4.90 Å². The van der Waals surface area contributed by atoms with Crippen molar-refractivity contribution in [3.05, 3.63) is 68.5 Å². The largest absolute Gasteiger partial charge is 0.322 e. The van der Waals surface area contributed by atoms with E-state index in [1.807, 2.05) is 26.0 Å². The first-order valence-corrected chi connectivity index (χ1v) is 9.47. The van der Waals surface area contributed by atoms with Gasteiger partial charge < -0.3 is 4.98 Å². The zero-order chi connectivity index (χ0) is 18.4. The molecule has 7 heteroatoms. The lowest BCUT2D eigenvalue weighted by Crippen LogP contribution is -2.15. The number of nitrogens with one attached hydrogen (secondary N) is 2. The second kappa shape index (κ2) is 6.20. The summed E-state index contributed by atoms with van der Waals surface area (Å²) in [5.41, 5.74) is 3.29. The molecule has 0 amide bonds. The van der Waals surface area contributed by atoms with E-state index >= 15 is 0 Å². The van der Waals surface area contributed by atoms with Gasteiger partial charge in [-0.05, 0) is 50.1 Å². The predicted octanol–water partition coefficient (Wildman–Crippen LogP) is 3.91. The molecular weight excluding hydrogens is 360 g/mol. The Bertz CT molecular complexity index is 1150. The van der Waals surface area contributed by atoms with E-state index in [0.29, 0.717) is 22.2 Å².